The number of aromatic hydroxyl groups is 2. The summed E-state index contributed by atoms with van der Waals surface area (Å²) < 4.78 is 16.3. The highest BCUT2D eigenvalue weighted by Crippen LogP contribution is 2.40. The van der Waals surface area contributed by atoms with Gasteiger partial charge in [0.05, 0.1) is 30.2 Å². The van der Waals surface area contributed by atoms with Crippen LogP contribution in [-0.4, -0.2) is 68.8 Å². The lowest BCUT2D eigenvalue weighted by molar-refractivity contribution is -0.231. The molecule has 32 heavy (non-hydrogen) atoms. The fraction of sp³-hybridized carbons (Fsp3) is 0.318. The maximum Gasteiger partial charge on any atom is 0.200 e. The highest BCUT2D eigenvalue weighted by atomic mass is 16.5. The van der Waals surface area contributed by atoms with Gasteiger partial charge >= 0.3 is 0 Å². The van der Waals surface area contributed by atoms with Crippen LogP contribution in [0.4, 0.5) is 0 Å². The van der Waals surface area contributed by atoms with E-state index in [1.54, 1.807) is 0 Å². The quantitative estimate of drug-likeness (QED) is 0.330. The average Bonchev–Trinajstić information content (AvgIpc) is 2.79. The Morgan fingerprint density at radius 3 is 2.41 bits per heavy atom. The minimum absolute atomic E-state index is 0.0549. The van der Waals surface area contributed by atoms with Gasteiger partial charge in [0.15, 0.2) is 11.5 Å². The maximum absolute atomic E-state index is 13.2. The SMILES string of the molecule is COc1cc(-c2coc3c([C@@H]4O[C@H](CO)[C@@H](O)[C@H](O)[C@H]4O)c(O)ccc3c2=O)ccc1O. The zero-order chi connectivity index (χ0) is 23.2. The van der Waals surface area contributed by atoms with Gasteiger partial charge in [-0.15, -0.1) is 0 Å². The number of phenols is 2. The van der Waals surface area contributed by atoms with E-state index in [1.807, 2.05) is 0 Å². The van der Waals surface area contributed by atoms with Crippen LogP contribution in [0.5, 0.6) is 17.2 Å². The number of ether oxygens (including phenoxy) is 2. The van der Waals surface area contributed by atoms with Gasteiger partial charge < -0.3 is 44.5 Å². The predicted octanol–water partition coefficient (Wildman–Crippen LogP) is 0.395. The van der Waals surface area contributed by atoms with E-state index in [0.29, 0.717) is 5.56 Å². The Labute approximate surface area is 181 Å². The molecule has 1 aliphatic heterocycles. The number of fused-ring (bicyclic) bond motifs is 1. The van der Waals surface area contributed by atoms with Crippen LogP contribution in [0.25, 0.3) is 22.1 Å². The highest BCUT2D eigenvalue weighted by Gasteiger charge is 2.45. The molecule has 3 aromatic rings. The molecule has 0 unspecified atom stereocenters. The summed E-state index contributed by atoms with van der Waals surface area (Å²) in [6, 6.07) is 6.90. The lowest BCUT2D eigenvalue weighted by atomic mass is 9.89. The van der Waals surface area contributed by atoms with E-state index in [-0.39, 0.29) is 39.3 Å². The number of benzene rings is 2. The second-order valence-electron chi connectivity index (χ2n) is 7.49. The van der Waals surface area contributed by atoms with Crippen molar-refractivity contribution in [2.45, 2.75) is 30.5 Å². The molecule has 170 valence electrons. The normalized spacial score (nSPS) is 25.7. The third-order valence-electron chi connectivity index (χ3n) is 5.62. The monoisotopic (exact) mass is 446 g/mol. The molecule has 10 nitrogen and oxygen atoms in total. The van der Waals surface area contributed by atoms with E-state index >= 15 is 0 Å². The van der Waals surface area contributed by atoms with Gasteiger partial charge in [0.1, 0.15) is 48.1 Å². The Bertz CT molecular complexity index is 1200. The van der Waals surface area contributed by atoms with Gasteiger partial charge in [0, 0.05) is 0 Å². The van der Waals surface area contributed by atoms with E-state index in [2.05, 4.69) is 0 Å². The molecule has 2 heterocycles. The molecular formula is C22H22O10. The van der Waals surface area contributed by atoms with Crippen molar-refractivity contribution in [3.8, 4) is 28.4 Å². The van der Waals surface area contributed by atoms with Crippen molar-refractivity contribution in [3.63, 3.8) is 0 Å². The molecule has 5 atom stereocenters. The fourth-order valence-corrected chi connectivity index (χ4v) is 3.87. The summed E-state index contributed by atoms with van der Waals surface area (Å²) in [5.41, 5.74) is -0.0935. The second kappa shape index (κ2) is 8.41. The first-order chi connectivity index (χ1) is 15.3. The summed E-state index contributed by atoms with van der Waals surface area (Å²) in [5, 5.41) is 60.3. The first-order valence-corrected chi connectivity index (χ1v) is 9.73. The zero-order valence-corrected chi connectivity index (χ0v) is 16.9. The van der Waals surface area contributed by atoms with Crippen LogP contribution in [0.1, 0.15) is 11.7 Å². The third kappa shape index (κ3) is 3.48. The van der Waals surface area contributed by atoms with Crippen LogP contribution in [0, 0.1) is 0 Å². The van der Waals surface area contributed by atoms with Crippen molar-refractivity contribution in [1.29, 1.82) is 0 Å². The van der Waals surface area contributed by atoms with E-state index in [1.165, 1.54) is 37.4 Å². The zero-order valence-electron chi connectivity index (χ0n) is 16.9. The van der Waals surface area contributed by atoms with E-state index in [9.17, 15) is 35.4 Å². The molecule has 0 bridgehead atoms. The predicted molar refractivity (Wildman–Crippen MR) is 111 cm³/mol. The molecule has 10 heteroatoms. The number of aliphatic hydroxyl groups is 4. The molecule has 0 spiro atoms. The van der Waals surface area contributed by atoms with E-state index in [4.69, 9.17) is 13.9 Å². The molecule has 6 N–H and O–H groups in total. The van der Waals surface area contributed by atoms with Gasteiger partial charge in [-0.2, -0.15) is 0 Å². The lowest BCUT2D eigenvalue weighted by Gasteiger charge is -2.40. The van der Waals surface area contributed by atoms with Crippen molar-refractivity contribution in [3.05, 3.63) is 52.4 Å². The average molecular weight is 446 g/mol. The summed E-state index contributed by atoms with van der Waals surface area (Å²) in [7, 11) is 1.37. The summed E-state index contributed by atoms with van der Waals surface area (Å²) in [4.78, 5) is 13.2. The molecule has 2 aromatic carbocycles. The Morgan fingerprint density at radius 1 is 1.00 bits per heavy atom. The Kier molecular flexibility index (Phi) is 5.80. The van der Waals surface area contributed by atoms with Crippen molar-refractivity contribution < 1.29 is 44.5 Å². The molecule has 0 amide bonds. The van der Waals surface area contributed by atoms with Crippen LogP contribution < -0.4 is 10.2 Å². The topological polar surface area (TPSA) is 170 Å². The van der Waals surface area contributed by atoms with Crippen LogP contribution in [-0.2, 0) is 4.74 Å². The summed E-state index contributed by atoms with van der Waals surface area (Å²) in [6.07, 6.45) is -6.36. The van der Waals surface area contributed by atoms with Crippen molar-refractivity contribution >= 4 is 11.0 Å². The van der Waals surface area contributed by atoms with Crippen LogP contribution in [0.3, 0.4) is 0 Å². The van der Waals surface area contributed by atoms with Crippen molar-refractivity contribution in [2.75, 3.05) is 13.7 Å². The van der Waals surface area contributed by atoms with E-state index < -0.39 is 42.6 Å². The summed E-state index contributed by atoms with van der Waals surface area (Å²) in [6.45, 7) is -0.649. The van der Waals surface area contributed by atoms with Crippen molar-refractivity contribution in [2.24, 2.45) is 0 Å². The lowest BCUT2D eigenvalue weighted by Crippen LogP contribution is -2.55. The Morgan fingerprint density at radius 2 is 1.72 bits per heavy atom. The number of aliphatic hydroxyl groups excluding tert-OH is 4. The number of rotatable bonds is 4. The molecule has 0 saturated carbocycles. The summed E-state index contributed by atoms with van der Waals surface area (Å²) in [5.74, 6) is -0.310. The van der Waals surface area contributed by atoms with Crippen LogP contribution >= 0.6 is 0 Å². The van der Waals surface area contributed by atoms with Crippen LogP contribution in [0.15, 0.2) is 45.8 Å². The number of hydrogen-bond acceptors (Lipinski definition) is 10. The molecule has 0 radical (unpaired) electrons. The number of phenolic OH excluding ortho intramolecular Hbond substituents is 2. The first-order valence-electron chi connectivity index (χ1n) is 9.73. The highest BCUT2D eigenvalue weighted by molar-refractivity contribution is 5.86. The van der Waals surface area contributed by atoms with Gasteiger partial charge in [-0.1, -0.05) is 6.07 Å². The second-order valence-corrected chi connectivity index (χ2v) is 7.49. The molecule has 0 aliphatic carbocycles. The largest absolute Gasteiger partial charge is 0.507 e. The van der Waals surface area contributed by atoms with Crippen molar-refractivity contribution in [1.82, 2.24) is 0 Å². The van der Waals surface area contributed by atoms with Gasteiger partial charge in [-0.05, 0) is 29.8 Å². The fourth-order valence-electron chi connectivity index (χ4n) is 3.87. The molecule has 1 saturated heterocycles. The molecule has 4 rings (SSSR count). The number of methoxy groups -OCH3 is 1. The third-order valence-corrected chi connectivity index (χ3v) is 5.62. The van der Waals surface area contributed by atoms with E-state index in [0.717, 1.165) is 6.26 Å². The van der Waals surface area contributed by atoms with Gasteiger partial charge in [-0.25, -0.2) is 0 Å². The summed E-state index contributed by atoms with van der Waals surface area (Å²) >= 11 is 0. The molecule has 1 aromatic heterocycles. The molecule has 1 aliphatic rings. The smallest absolute Gasteiger partial charge is 0.200 e. The van der Waals surface area contributed by atoms with Gasteiger partial charge in [-0.3, -0.25) is 4.79 Å². The minimum Gasteiger partial charge on any atom is -0.507 e. The standard InChI is InChI=1S/C22H22O10/c1-30-14-6-9(2-4-12(14)24)11-8-31-21-10(17(11)26)3-5-13(25)16(21)22-20(29)19(28)18(27)15(7-23)32-22/h2-6,8,15,18-20,22-25,27-29H,7H2,1H3/t15-,18-,19+,20-,22+/m1/s1. The maximum atomic E-state index is 13.2. The molecular weight excluding hydrogens is 424 g/mol. The molecule has 1 fully saturated rings. The number of hydrogen-bond donors (Lipinski definition) is 6. The Balaban J connectivity index is 1.87. The Hall–Kier alpha value is -3.15. The van der Waals surface area contributed by atoms with Gasteiger partial charge in [0.25, 0.3) is 0 Å². The first kappa shape index (κ1) is 22.1. The minimum atomic E-state index is -1.67. The van der Waals surface area contributed by atoms with Crippen LogP contribution in [0.2, 0.25) is 0 Å². The van der Waals surface area contributed by atoms with Gasteiger partial charge in [0.2, 0.25) is 5.43 Å².